The Balaban J connectivity index is 2.17. The molecule has 0 radical (unpaired) electrons. The zero-order valence-corrected chi connectivity index (χ0v) is 8.82. The quantitative estimate of drug-likeness (QED) is 0.573. The van der Waals surface area contributed by atoms with Crippen molar-refractivity contribution in [3.8, 4) is 5.69 Å². The lowest BCUT2D eigenvalue weighted by Gasteiger charge is -1.96. The normalized spacial score (nSPS) is 10.8. The van der Waals surface area contributed by atoms with E-state index in [-0.39, 0.29) is 0 Å². The van der Waals surface area contributed by atoms with E-state index in [1.54, 1.807) is 17.0 Å². The summed E-state index contributed by atoms with van der Waals surface area (Å²) in [7, 11) is 0. The lowest BCUT2D eigenvalue weighted by atomic mass is 10.3. The summed E-state index contributed by atoms with van der Waals surface area (Å²) in [6.45, 7) is 4.19. The second-order valence-electron chi connectivity index (χ2n) is 3.21. The van der Waals surface area contributed by atoms with Gasteiger partial charge in [0.2, 0.25) is 0 Å². The van der Waals surface area contributed by atoms with Crippen molar-refractivity contribution in [1.82, 2.24) is 15.0 Å². The Bertz CT molecular complexity index is 485. The van der Waals surface area contributed by atoms with Crippen molar-refractivity contribution in [2.75, 3.05) is 6.54 Å². The molecule has 0 N–H and O–H groups in total. The topological polar surface area (TPSA) is 43.1 Å². The summed E-state index contributed by atoms with van der Waals surface area (Å²) in [6, 6.07) is 9.83. The van der Waals surface area contributed by atoms with Gasteiger partial charge < -0.3 is 0 Å². The number of hydrogen-bond acceptors (Lipinski definition) is 3. The van der Waals surface area contributed by atoms with Crippen molar-refractivity contribution >= 4 is 6.21 Å². The van der Waals surface area contributed by atoms with Crippen LogP contribution in [0.4, 0.5) is 0 Å². The Morgan fingerprint density at radius 1 is 1.31 bits per heavy atom. The molecular weight excluding hydrogens is 200 g/mol. The third-order valence-corrected chi connectivity index (χ3v) is 1.99. The van der Waals surface area contributed by atoms with Crippen molar-refractivity contribution in [1.29, 1.82) is 0 Å². The van der Waals surface area contributed by atoms with Crippen LogP contribution in [-0.4, -0.2) is 27.8 Å². The Morgan fingerprint density at radius 2 is 2.12 bits per heavy atom. The van der Waals surface area contributed by atoms with E-state index in [4.69, 9.17) is 0 Å². The molecule has 0 spiro atoms. The first-order chi connectivity index (χ1) is 7.90. The summed E-state index contributed by atoms with van der Waals surface area (Å²) < 4.78 is 1.72. The minimum atomic E-state index is 0.595. The van der Waals surface area contributed by atoms with Gasteiger partial charge in [0.1, 0.15) is 5.69 Å². The Hall–Kier alpha value is -2.23. The highest BCUT2D eigenvalue weighted by Gasteiger charge is 1.98. The maximum atomic E-state index is 4.11. The van der Waals surface area contributed by atoms with Crippen molar-refractivity contribution in [2.24, 2.45) is 4.99 Å². The molecule has 0 bridgehead atoms. The number of benzene rings is 1. The molecule has 0 aliphatic heterocycles. The van der Waals surface area contributed by atoms with Gasteiger partial charge in [0.15, 0.2) is 0 Å². The lowest BCUT2D eigenvalue weighted by Crippen LogP contribution is -1.93. The molecule has 80 valence electrons. The summed E-state index contributed by atoms with van der Waals surface area (Å²) in [5.41, 5.74) is 1.73. The average molecular weight is 212 g/mol. The highest BCUT2D eigenvalue weighted by Crippen LogP contribution is 2.04. The van der Waals surface area contributed by atoms with Crippen LogP contribution in [0.15, 0.2) is 54.2 Å². The third-order valence-electron chi connectivity index (χ3n) is 1.99. The standard InChI is InChI=1S/C12H12N4/c1-2-8-13-9-11-10-16(15-14-11)12-6-4-3-5-7-12/h2-7,9-10H,1,8H2. The summed E-state index contributed by atoms with van der Waals surface area (Å²) >= 11 is 0. The molecule has 4 heteroatoms. The van der Waals surface area contributed by atoms with Gasteiger partial charge in [-0.3, -0.25) is 4.99 Å². The van der Waals surface area contributed by atoms with Gasteiger partial charge in [-0.25, -0.2) is 4.68 Å². The molecule has 0 aliphatic rings. The first-order valence-electron chi connectivity index (χ1n) is 4.98. The molecule has 2 aromatic rings. The van der Waals surface area contributed by atoms with Crippen molar-refractivity contribution in [2.45, 2.75) is 0 Å². The number of para-hydroxylation sites is 1. The SMILES string of the molecule is C=CCN=Cc1cn(-c2ccccc2)nn1. The summed E-state index contributed by atoms with van der Waals surface area (Å²) in [5, 5.41) is 8.01. The molecule has 1 aromatic carbocycles. The van der Waals surface area contributed by atoms with E-state index >= 15 is 0 Å². The van der Waals surface area contributed by atoms with Gasteiger partial charge in [0, 0.05) is 0 Å². The van der Waals surface area contributed by atoms with Gasteiger partial charge in [-0.2, -0.15) is 0 Å². The zero-order chi connectivity index (χ0) is 11.2. The van der Waals surface area contributed by atoms with Crippen LogP contribution in [0.25, 0.3) is 5.69 Å². The molecule has 16 heavy (non-hydrogen) atoms. The average Bonchev–Trinajstić information content (AvgIpc) is 2.79. The fourth-order valence-electron chi connectivity index (χ4n) is 1.26. The van der Waals surface area contributed by atoms with Gasteiger partial charge in [-0.05, 0) is 12.1 Å². The molecule has 1 heterocycles. The van der Waals surface area contributed by atoms with Gasteiger partial charge in [0.05, 0.1) is 24.6 Å². The molecule has 0 atom stereocenters. The first-order valence-corrected chi connectivity index (χ1v) is 4.98. The maximum Gasteiger partial charge on any atom is 0.124 e. The zero-order valence-electron chi connectivity index (χ0n) is 8.82. The van der Waals surface area contributed by atoms with Crippen molar-refractivity contribution < 1.29 is 0 Å². The summed E-state index contributed by atoms with van der Waals surface area (Å²) in [6.07, 6.45) is 5.26. The second-order valence-corrected chi connectivity index (χ2v) is 3.21. The van der Waals surface area contributed by atoms with Crippen LogP contribution < -0.4 is 0 Å². The van der Waals surface area contributed by atoms with Gasteiger partial charge in [-0.1, -0.05) is 29.5 Å². The Labute approximate surface area is 93.9 Å². The van der Waals surface area contributed by atoms with Crippen LogP contribution in [0.2, 0.25) is 0 Å². The highest BCUT2D eigenvalue weighted by atomic mass is 15.4. The van der Waals surface area contributed by atoms with Crippen molar-refractivity contribution in [3.05, 3.63) is 54.9 Å². The first kappa shape index (κ1) is 10.3. The minimum Gasteiger partial charge on any atom is -0.287 e. The van der Waals surface area contributed by atoms with E-state index < -0.39 is 0 Å². The van der Waals surface area contributed by atoms with Crippen molar-refractivity contribution in [3.63, 3.8) is 0 Å². The second kappa shape index (κ2) is 5.02. The monoisotopic (exact) mass is 212 g/mol. The number of rotatable bonds is 4. The third kappa shape index (κ3) is 2.42. The molecule has 2 rings (SSSR count). The number of hydrogen-bond donors (Lipinski definition) is 0. The largest absolute Gasteiger partial charge is 0.287 e. The molecule has 4 nitrogen and oxygen atoms in total. The molecular formula is C12H12N4. The van der Waals surface area contributed by atoms with E-state index in [9.17, 15) is 0 Å². The predicted octanol–water partition coefficient (Wildman–Crippen LogP) is 1.87. The molecule has 0 fully saturated rings. The van der Waals surface area contributed by atoms with Crippen LogP contribution in [0, 0.1) is 0 Å². The molecule has 1 aromatic heterocycles. The smallest absolute Gasteiger partial charge is 0.124 e. The van der Waals surface area contributed by atoms with Crippen LogP contribution in [0.3, 0.4) is 0 Å². The summed E-state index contributed by atoms with van der Waals surface area (Å²) in [4.78, 5) is 4.11. The number of nitrogens with zero attached hydrogens (tertiary/aromatic N) is 4. The lowest BCUT2D eigenvalue weighted by molar-refractivity contribution is 0.803. The number of aliphatic imine (C=N–C) groups is 1. The highest BCUT2D eigenvalue weighted by molar-refractivity contribution is 5.76. The van der Waals surface area contributed by atoms with Gasteiger partial charge in [-0.15, -0.1) is 11.7 Å². The van der Waals surface area contributed by atoms with Crippen LogP contribution in [0.5, 0.6) is 0 Å². The van der Waals surface area contributed by atoms with Crippen LogP contribution >= 0.6 is 0 Å². The fourth-order valence-corrected chi connectivity index (χ4v) is 1.26. The molecule has 0 aliphatic carbocycles. The molecule has 0 unspecified atom stereocenters. The van der Waals surface area contributed by atoms with Crippen LogP contribution in [0.1, 0.15) is 5.69 Å². The van der Waals surface area contributed by atoms with E-state index in [2.05, 4.69) is 21.9 Å². The Morgan fingerprint density at radius 3 is 2.88 bits per heavy atom. The molecule has 0 amide bonds. The summed E-state index contributed by atoms with van der Waals surface area (Å²) in [5.74, 6) is 0. The Kier molecular flexibility index (Phi) is 3.23. The van der Waals surface area contributed by atoms with E-state index in [0.717, 1.165) is 11.4 Å². The van der Waals surface area contributed by atoms with Crippen LogP contribution in [-0.2, 0) is 0 Å². The minimum absolute atomic E-state index is 0.595. The number of aromatic nitrogens is 3. The van der Waals surface area contributed by atoms with E-state index in [1.807, 2.05) is 36.5 Å². The maximum absolute atomic E-state index is 4.11. The van der Waals surface area contributed by atoms with Gasteiger partial charge >= 0.3 is 0 Å². The van der Waals surface area contributed by atoms with E-state index in [0.29, 0.717) is 6.54 Å². The predicted molar refractivity (Wildman–Crippen MR) is 64.0 cm³/mol. The molecule has 0 saturated carbocycles. The molecule has 0 saturated heterocycles. The van der Waals surface area contributed by atoms with E-state index in [1.165, 1.54) is 0 Å². The fraction of sp³-hybridized carbons (Fsp3) is 0.0833. The van der Waals surface area contributed by atoms with Gasteiger partial charge in [0.25, 0.3) is 0 Å².